The molecule has 0 aliphatic carbocycles. The number of carbonyl (C=O) groups is 1. The van der Waals surface area contributed by atoms with Crippen molar-refractivity contribution in [1.82, 2.24) is 5.32 Å². The highest BCUT2D eigenvalue weighted by Crippen LogP contribution is 2.27. The highest BCUT2D eigenvalue weighted by atomic mass is 32.2. The van der Waals surface area contributed by atoms with Crippen LogP contribution in [0.5, 0.6) is 5.75 Å². The number of nitrogens with one attached hydrogen (secondary N) is 1. The molecule has 186 valence electrons. The van der Waals surface area contributed by atoms with Crippen LogP contribution in [0, 0.1) is 20.8 Å². The lowest BCUT2D eigenvalue weighted by Crippen LogP contribution is -2.42. The minimum absolute atomic E-state index is 0.139. The van der Waals surface area contributed by atoms with Crippen molar-refractivity contribution in [3.05, 3.63) is 102 Å². The van der Waals surface area contributed by atoms with Gasteiger partial charge in [-0.1, -0.05) is 65.7 Å². The number of aryl methyl sites for hydroxylation is 3. The molecule has 0 spiro atoms. The first-order valence-electron chi connectivity index (χ1n) is 11.8. The van der Waals surface area contributed by atoms with Gasteiger partial charge < -0.3 is 10.1 Å². The van der Waals surface area contributed by atoms with Gasteiger partial charge in [0.05, 0.1) is 17.1 Å². The molecule has 6 nitrogen and oxygen atoms in total. The molecule has 0 aliphatic rings. The van der Waals surface area contributed by atoms with Gasteiger partial charge >= 0.3 is 0 Å². The van der Waals surface area contributed by atoms with Gasteiger partial charge in [-0.05, 0) is 67.4 Å². The van der Waals surface area contributed by atoms with Crippen LogP contribution in [0.1, 0.15) is 16.7 Å². The molecule has 0 atom stereocenters. The predicted molar refractivity (Wildman–Crippen MR) is 144 cm³/mol. The van der Waals surface area contributed by atoms with E-state index in [1.165, 1.54) is 4.31 Å². The second-order valence-electron chi connectivity index (χ2n) is 8.82. The maximum absolute atomic E-state index is 13.6. The summed E-state index contributed by atoms with van der Waals surface area (Å²) in [7, 11) is -3.95. The molecule has 0 heterocycles. The maximum atomic E-state index is 13.6. The SMILES string of the molecule is Cc1ccc(S(=O)(=O)N(CC(=O)NCCOc2ccc3ccccc3c2)c2ccc(C)cc2C)cc1. The largest absolute Gasteiger partial charge is 0.492 e. The topological polar surface area (TPSA) is 75.7 Å². The Bertz CT molecular complexity index is 1480. The average Bonchev–Trinajstić information content (AvgIpc) is 2.86. The number of hydrogen-bond acceptors (Lipinski definition) is 4. The van der Waals surface area contributed by atoms with Crippen molar-refractivity contribution in [3.63, 3.8) is 0 Å². The van der Waals surface area contributed by atoms with E-state index in [1.54, 1.807) is 30.3 Å². The van der Waals surface area contributed by atoms with Gasteiger partial charge in [0.1, 0.15) is 18.9 Å². The fourth-order valence-electron chi connectivity index (χ4n) is 4.03. The van der Waals surface area contributed by atoms with E-state index in [1.807, 2.05) is 75.4 Å². The average molecular weight is 503 g/mol. The van der Waals surface area contributed by atoms with Gasteiger partial charge in [0, 0.05) is 0 Å². The number of sulfonamides is 1. The molecule has 0 radical (unpaired) electrons. The quantitative estimate of drug-likeness (QED) is 0.321. The lowest BCUT2D eigenvalue weighted by molar-refractivity contribution is -0.119. The molecule has 1 N–H and O–H groups in total. The molecular weight excluding hydrogens is 472 g/mol. The Kier molecular flexibility index (Phi) is 7.60. The smallest absolute Gasteiger partial charge is 0.264 e. The van der Waals surface area contributed by atoms with Gasteiger partial charge in [0.2, 0.25) is 5.91 Å². The zero-order valence-corrected chi connectivity index (χ0v) is 21.5. The number of ether oxygens (including phenoxy) is 1. The minimum Gasteiger partial charge on any atom is -0.492 e. The zero-order chi connectivity index (χ0) is 25.7. The van der Waals surface area contributed by atoms with E-state index in [2.05, 4.69) is 5.32 Å². The van der Waals surface area contributed by atoms with Crippen LogP contribution in [0.3, 0.4) is 0 Å². The Balaban J connectivity index is 1.45. The van der Waals surface area contributed by atoms with E-state index in [4.69, 9.17) is 4.74 Å². The molecule has 36 heavy (non-hydrogen) atoms. The first-order chi connectivity index (χ1) is 17.2. The van der Waals surface area contributed by atoms with Crippen LogP contribution in [0.15, 0.2) is 89.8 Å². The van der Waals surface area contributed by atoms with Gasteiger partial charge in [0.15, 0.2) is 0 Å². The molecule has 4 aromatic carbocycles. The summed E-state index contributed by atoms with van der Waals surface area (Å²) in [5, 5.41) is 4.98. The monoisotopic (exact) mass is 502 g/mol. The van der Waals surface area contributed by atoms with Gasteiger partial charge in [-0.2, -0.15) is 0 Å². The van der Waals surface area contributed by atoms with Crippen LogP contribution in [0.4, 0.5) is 5.69 Å². The number of hydrogen-bond donors (Lipinski definition) is 1. The van der Waals surface area contributed by atoms with Crippen molar-refractivity contribution in [3.8, 4) is 5.75 Å². The Hall–Kier alpha value is -3.84. The number of amides is 1. The van der Waals surface area contributed by atoms with E-state index < -0.39 is 15.9 Å². The van der Waals surface area contributed by atoms with Crippen molar-refractivity contribution in [2.45, 2.75) is 25.7 Å². The third-order valence-electron chi connectivity index (χ3n) is 5.93. The summed E-state index contributed by atoms with van der Waals surface area (Å²) in [6, 6.07) is 25.9. The number of carbonyl (C=O) groups excluding carboxylic acids is 1. The Morgan fingerprint density at radius 1 is 0.833 bits per heavy atom. The molecule has 4 aromatic rings. The van der Waals surface area contributed by atoms with Crippen molar-refractivity contribution < 1.29 is 17.9 Å². The number of nitrogens with zero attached hydrogens (tertiary/aromatic N) is 1. The van der Waals surface area contributed by atoms with Gasteiger partial charge in [0.25, 0.3) is 10.0 Å². The van der Waals surface area contributed by atoms with E-state index in [9.17, 15) is 13.2 Å². The summed E-state index contributed by atoms with van der Waals surface area (Å²) in [5.74, 6) is 0.301. The normalized spacial score (nSPS) is 11.3. The minimum atomic E-state index is -3.95. The number of anilines is 1. The van der Waals surface area contributed by atoms with Gasteiger partial charge in [-0.25, -0.2) is 8.42 Å². The fourth-order valence-corrected chi connectivity index (χ4v) is 5.51. The molecule has 7 heteroatoms. The second-order valence-corrected chi connectivity index (χ2v) is 10.7. The fraction of sp³-hybridized carbons (Fsp3) is 0.207. The molecule has 4 rings (SSSR count). The predicted octanol–water partition coefficient (Wildman–Crippen LogP) is 5.16. The van der Waals surface area contributed by atoms with Gasteiger partial charge in [-0.15, -0.1) is 0 Å². The Morgan fingerprint density at radius 2 is 1.53 bits per heavy atom. The van der Waals surface area contributed by atoms with Crippen LogP contribution in [-0.4, -0.2) is 34.0 Å². The van der Waals surface area contributed by atoms with Crippen molar-refractivity contribution in [1.29, 1.82) is 0 Å². The molecular formula is C29H30N2O4S. The number of fused-ring (bicyclic) bond motifs is 1. The molecule has 0 aliphatic heterocycles. The van der Waals surface area contributed by atoms with E-state index in [0.29, 0.717) is 11.4 Å². The summed E-state index contributed by atoms with van der Waals surface area (Å²) in [6.45, 7) is 5.85. The van der Waals surface area contributed by atoms with Crippen LogP contribution in [-0.2, 0) is 14.8 Å². The lowest BCUT2D eigenvalue weighted by Gasteiger charge is -2.26. The Morgan fingerprint density at radius 3 is 2.25 bits per heavy atom. The molecule has 0 fully saturated rings. The van der Waals surface area contributed by atoms with Crippen molar-refractivity contribution in [2.24, 2.45) is 0 Å². The third kappa shape index (κ3) is 5.86. The summed E-state index contributed by atoms with van der Waals surface area (Å²) >= 11 is 0. The first kappa shape index (κ1) is 25.3. The lowest BCUT2D eigenvalue weighted by atomic mass is 10.1. The van der Waals surface area contributed by atoms with Crippen LogP contribution < -0.4 is 14.4 Å². The summed E-state index contributed by atoms with van der Waals surface area (Å²) in [4.78, 5) is 13.0. The summed E-state index contributed by atoms with van der Waals surface area (Å²) in [6.07, 6.45) is 0. The van der Waals surface area contributed by atoms with E-state index in [0.717, 1.165) is 27.5 Å². The molecule has 0 unspecified atom stereocenters. The molecule has 0 saturated carbocycles. The van der Waals surface area contributed by atoms with Crippen LogP contribution >= 0.6 is 0 Å². The third-order valence-corrected chi connectivity index (χ3v) is 7.71. The second kappa shape index (κ2) is 10.8. The summed E-state index contributed by atoms with van der Waals surface area (Å²) in [5.41, 5.74) is 3.22. The standard InChI is InChI=1S/C29H30N2O4S/c1-21-8-13-27(14-9-21)36(33,34)31(28-15-10-22(2)18-23(28)3)20-29(32)30-16-17-35-26-12-11-24-6-4-5-7-25(24)19-26/h4-15,18-19H,16-17,20H2,1-3H3,(H,30,32). The molecule has 0 saturated heterocycles. The Labute approximate surface area is 212 Å². The van der Waals surface area contributed by atoms with Crippen LogP contribution in [0.25, 0.3) is 10.8 Å². The highest BCUT2D eigenvalue weighted by molar-refractivity contribution is 7.92. The van der Waals surface area contributed by atoms with Crippen LogP contribution in [0.2, 0.25) is 0 Å². The summed E-state index contributed by atoms with van der Waals surface area (Å²) < 4.78 is 34.1. The van der Waals surface area contributed by atoms with Crippen molar-refractivity contribution in [2.75, 3.05) is 24.0 Å². The molecule has 1 amide bonds. The highest BCUT2D eigenvalue weighted by Gasteiger charge is 2.28. The first-order valence-corrected chi connectivity index (χ1v) is 13.2. The van der Waals surface area contributed by atoms with E-state index in [-0.39, 0.29) is 24.6 Å². The molecule has 0 aromatic heterocycles. The number of benzene rings is 4. The maximum Gasteiger partial charge on any atom is 0.264 e. The number of rotatable bonds is 9. The van der Waals surface area contributed by atoms with Crippen molar-refractivity contribution >= 4 is 32.4 Å². The zero-order valence-electron chi connectivity index (χ0n) is 20.7. The van der Waals surface area contributed by atoms with E-state index >= 15 is 0 Å². The van der Waals surface area contributed by atoms with Gasteiger partial charge in [-0.3, -0.25) is 9.10 Å². The molecule has 0 bridgehead atoms.